The summed E-state index contributed by atoms with van der Waals surface area (Å²) in [6, 6.07) is 2.63. The Kier molecular flexibility index (Phi) is 4.72. The number of amides is 2. The van der Waals surface area contributed by atoms with Gasteiger partial charge in [-0.05, 0) is 18.4 Å². The normalized spacial score (nSPS) is 12.8. The number of urea groups is 1. The van der Waals surface area contributed by atoms with Crippen LogP contribution in [0.2, 0.25) is 0 Å². The minimum absolute atomic E-state index is 0.169. The van der Waals surface area contributed by atoms with E-state index < -0.39 is 18.0 Å². The predicted octanol–water partition coefficient (Wildman–Crippen LogP) is 1.80. The molecule has 18 heavy (non-hydrogen) atoms. The zero-order valence-electron chi connectivity index (χ0n) is 10.7. The summed E-state index contributed by atoms with van der Waals surface area (Å²) < 4.78 is 0. The maximum Gasteiger partial charge on any atom is 0.325 e. The van der Waals surface area contributed by atoms with Crippen molar-refractivity contribution < 1.29 is 14.7 Å². The average Bonchev–Trinajstić information content (AvgIpc) is 2.80. The van der Waals surface area contributed by atoms with E-state index in [1.165, 1.54) is 11.8 Å². The van der Waals surface area contributed by atoms with Crippen molar-refractivity contribution in [2.75, 3.05) is 6.54 Å². The third kappa shape index (κ3) is 4.03. The SMILES string of the molecule is C[C@H](NC(=O)NCC(C)(C)c1cccs1)C(=O)O. The molecule has 0 aliphatic carbocycles. The quantitative estimate of drug-likeness (QED) is 0.763. The molecule has 1 atom stereocenters. The lowest BCUT2D eigenvalue weighted by molar-refractivity contribution is -0.138. The maximum atomic E-state index is 11.5. The van der Waals surface area contributed by atoms with Crippen LogP contribution in [0.3, 0.4) is 0 Å². The van der Waals surface area contributed by atoms with E-state index in [4.69, 9.17) is 5.11 Å². The molecule has 0 fully saturated rings. The van der Waals surface area contributed by atoms with E-state index in [0.29, 0.717) is 6.54 Å². The van der Waals surface area contributed by atoms with Crippen LogP contribution in [-0.2, 0) is 10.2 Å². The first-order chi connectivity index (χ1) is 8.33. The number of carboxylic acids is 1. The van der Waals surface area contributed by atoms with Crippen molar-refractivity contribution >= 4 is 23.3 Å². The van der Waals surface area contributed by atoms with E-state index in [1.807, 2.05) is 31.4 Å². The molecule has 0 saturated heterocycles. The lowest BCUT2D eigenvalue weighted by Crippen LogP contribution is -2.47. The van der Waals surface area contributed by atoms with Crippen LogP contribution in [0, 0.1) is 0 Å². The Morgan fingerprint density at radius 2 is 2.17 bits per heavy atom. The molecular formula is C12H18N2O3S. The fourth-order valence-electron chi connectivity index (χ4n) is 1.36. The average molecular weight is 270 g/mol. The molecule has 1 rings (SSSR count). The molecule has 3 N–H and O–H groups in total. The van der Waals surface area contributed by atoms with Crippen LogP contribution in [0.4, 0.5) is 4.79 Å². The van der Waals surface area contributed by atoms with Crippen molar-refractivity contribution in [3.63, 3.8) is 0 Å². The summed E-state index contributed by atoms with van der Waals surface area (Å²) in [7, 11) is 0. The first-order valence-corrected chi connectivity index (χ1v) is 6.52. The van der Waals surface area contributed by atoms with Crippen molar-refractivity contribution in [2.45, 2.75) is 32.2 Å². The number of thiophene rings is 1. The first-order valence-electron chi connectivity index (χ1n) is 5.64. The minimum Gasteiger partial charge on any atom is -0.480 e. The fourth-order valence-corrected chi connectivity index (χ4v) is 2.21. The van der Waals surface area contributed by atoms with Crippen LogP contribution < -0.4 is 10.6 Å². The van der Waals surface area contributed by atoms with Crippen LogP contribution in [0.5, 0.6) is 0 Å². The molecule has 0 radical (unpaired) electrons. The summed E-state index contributed by atoms with van der Waals surface area (Å²) in [5.74, 6) is -1.05. The smallest absolute Gasteiger partial charge is 0.325 e. The Labute approximate surface area is 110 Å². The van der Waals surface area contributed by atoms with Gasteiger partial charge >= 0.3 is 12.0 Å². The van der Waals surface area contributed by atoms with Crippen LogP contribution in [0.1, 0.15) is 25.6 Å². The van der Waals surface area contributed by atoms with Crippen molar-refractivity contribution in [2.24, 2.45) is 0 Å². The highest BCUT2D eigenvalue weighted by Gasteiger charge is 2.23. The third-order valence-corrected chi connectivity index (χ3v) is 3.83. The summed E-state index contributed by atoms with van der Waals surface area (Å²) >= 11 is 1.63. The zero-order valence-corrected chi connectivity index (χ0v) is 11.5. The number of hydrogen-bond donors (Lipinski definition) is 3. The van der Waals surface area contributed by atoms with Gasteiger partial charge in [0.25, 0.3) is 0 Å². The van der Waals surface area contributed by atoms with Crippen molar-refractivity contribution in [1.82, 2.24) is 10.6 Å². The van der Waals surface area contributed by atoms with Crippen molar-refractivity contribution in [3.05, 3.63) is 22.4 Å². The Morgan fingerprint density at radius 3 is 2.67 bits per heavy atom. The number of nitrogens with one attached hydrogen (secondary N) is 2. The molecular weight excluding hydrogens is 252 g/mol. The molecule has 0 unspecified atom stereocenters. The third-order valence-electron chi connectivity index (χ3n) is 2.60. The van der Waals surface area contributed by atoms with Crippen molar-refractivity contribution in [3.8, 4) is 0 Å². The number of carboxylic acid groups (broad SMARTS) is 1. The number of carbonyl (C=O) groups is 2. The molecule has 2 amide bonds. The first kappa shape index (κ1) is 14.5. The lowest BCUT2D eigenvalue weighted by atomic mass is 9.91. The molecule has 0 aromatic carbocycles. The van der Waals surface area contributed by atoms with E-state index >= 15 is 0 Å². The molecule has 1 aromatic rings. The molecule has 0 bridgehead atoms. The van der Waals surface area contributed by atoms with Gasteiger partial charge in [-0.2, -0.15) is 0 Å². The van der Waals surface area contributed by atoms with Crippen LogP contribution in [-0.4, -0.2) is 29.7 Å². The Morgan fingerprint density at radius 1 is 1.50 bits per heavy atom. The molecule has 1 aromatic heterocycles. The van der Waals surface area contributed by atoms with Gasteiger partial charge in [0.1, 0.15) is 6.04 Å². The lowest BCUT2D eigenvalue weighted by Gasteiger charge is -2.24. The Bertz CT molecular complexity index is 415. The highest BCUT2D eigenvalue weighted by Crippen LogP contribution is 2.26. The second-order valence-corrected chi connectivity index (χ2v) is 5.70. The van der Waals surface area contributed by atoms with Crippen molar-refractivity contribution in [1.29, 1.82) is 0 Å². The van der Waals surface area contributed by atoms with Gasteiger partial charge in [-0.25, -0.2) is 4.79 Å². The van der Waals surface area contributed by atoms with Gasteiger partial charge in [0.2, 0.25) is 0 Å². The Balaban J connectivity index is 2.45. The van der Waals surface area contributed by atoms with Crippen LogP contribution in [0.25, 0.3) is 0 Å². The number of carbonyl (C=O) groups excluding carboxylic acids is 1. The highest BCUT2D eigenvalue weighted by molar-refractivity contribution is 7.10. The molecule has 0 saturated carbocycles. The summed E-state index contributed by atoms with van der Waals surface area (Å²) in [5.41, 5.74) is -0.169. The second kappa shape index (κ2) is 5.86. The second-order valence-electron chi connectivity index (χ2n) is 4.75. The summed E-state index contributed by atoms with van der Waals surface area (Å²) in [5, 5.41) is 15.7. The van der Waals surface area contributed by atoms with Gasteiger partial charge in [0.15, 0.2) is 0 Å². The highest BCUT2D eigenvalue weighted by atomic mass is 32.1. The van der Waals surface area contributed by atoms with Gasteiger partial charge in [0, 0.05) is 16.8 Å². The standard InChI is InChI=1S/C12H18N2O3S/c1-8(10(15)16)14-11(17)13-7-12(2,3)9-5-4-6-18-9/h4-6,8H,7H2,1-3H3,(H,15,16)(H2,13,14,17)/t8-/m0/s1. The monoisotopic (exact) mass is 270 g/mol. The topological polar surface area (TPSA) is 78.4 Å². The number of rotatable bonds is 5. The molecule has 0 spiro atoms. The number of hydrogen-bond acceptors (Lipinski definition) is 3. The summed E-state index contributed by atoms with van der Waals surface area (Å²) in [4.78, 5) is 23.2. The van der Waals surface area contributed by atoms with Crippen LogP contribution >= 0.6 is 11.3 Å². The van der Waals surface area contributed by atoms with E-state index in [2.05, 4.69) is 10.6 Å². The van der Waals surface area contributed by atoms with E-state index in [0.717, 1.165) is 0 Å². The van der Waals surface area contributed by atoms with E-state index in [9.17, 15) is 9.59 Å². The molecule has 0 aliphatic heterocycles. The van der Waals surface area contributed by atoms with Gasteiger partial charge < -0.3 is 15.7 Å². The summed E-state index contributed by atoms with van der Waals surface area (Å²) in [6.07, 6.45) is 0. The molecule has 5 nitrogen and oxygen atoms in total. The largest absolute Gasteiger partial charge is 0.480 e. The zero-order chi connectivity index (χ0) is 13.8. The molecule has 100 valence electrons. The molecule has 1 heterocycles. The Hall–Kier alpha value is -1.56. The van der Waals surface area contributed by atoms with Gasteiger partial charge in [-0.3, -0.25) is 4.79 Å². The molecule has 6 heteroatoms. The number of aliphatic carboxylic acids is 1. The van der Waals surface area contributed by atoms with Gasteiger partial charge in [0.05, 0.1) is 0 Å². The maximum absolute atomic E-state index is 11.5. The summed E-state index contributed by atoms with van der Waals surface area (Å²) in [6.45, 7) is 5.93. The fraction of sp³-hybridized carbons (Fsp3) is 0.500. The van der Waals surface area contributed by atoms with Gasteiger partial charge in [-0.1, -0.05) is 19.9 Å². The van der Waals surface area contributed by atoms with E-state index in [1.54, 1.807) is 11.3 Å². The van der Waals surface area contributed by atoms with E-state index in [-0.39, 0.29) is 5.41 Å². The molecule has 0 aliphatic rings. The predicted molar refractivity (Wildman–Crippen MR) is 71.0 cm³/mol. The minimum atomic E-state index is -1.05. The van der Waals surface area contributed by atoms with Gasteiger partial charge in [-0.15, -0.1) is 11.3 Å². The van der Waals surface area contributed by atoms with Crippen LogP contribution in [0.15, 0.2) is 17.5 Å².